The molecule has 2 aromatic rings. The quantitative estimate of drug-likeness (QED) is 0.785. The van der Waals surface area contributed by atoms with E-state index in [2.05, 4.69) is 58.8 Å². The van der Waals surface area contributed by atoms with Gasteiger partial charge in [0.2, 0.25) is 0 Å². The normalized spacial score (nSPS) is 11.2. The molecule has 0 aromatic carbocycles. The van der Waals surface area contributed by atoms with Crippen LogP contribution in [0.25, 0.3) is 11.4 Å². The highest BCUT2D eigenvalue weighted by Crippen LogP contribution is 2.27. The molecule has 2 aromatic heterocycles. The van der Waals surface area contributed by atoms with E-state index in [0.29, 0.717) is 5.92 Å². The Balaban J connectivity index is 2.57. The molecule has 6 heteroatoms. The van der Waals surface area contributed by atoms with Gasteiger partial charge in [-0.25, -0.2) is 9.97 Å². The lowest BCUT2D eigenvalue weighted by Crippen LogP contribution is -2.08. The minimum atomic E-state index is 0.561. The number of halogens is 1. The Labute approximate surface area is 139 Å². The summed E-state index contributed by atoms with van der Waals surface area (Å²) in [7, 11) is 3.83. The van der Waals surface area contributed by atoms with Crippen LogP contribution >= 0.6 is 22.6 Å². The minimum Gasteiger partial charge on any atom is -0.372 e. The Morgan fingerprint density at radius 2 is 2.00 bits per heavy atom. The lowest BCUT2D eigenvalue weighted by atomic mass is 10.1. The summed E-state index contributed by atoms with van der Waals surface area (Å²) >= 11 is 2.33. The van der Waals surface area contributed by atoms with E-state index in [0.717, 1.165) is 45.0 Å². The third-order valence-corrected chi connectivity index (χ3v) is 4.37. The van der Waals surface area contributed by atoms with Gasteiger partial charge in [0, 0.05) is 20.3 Å². The molecule has 0 saturated carbocycles. The molecule has 2 heterocycles. The van der Waals surface area contributed by atoms with Crippen LogP contribution in [0.2, 0.25) is 0 Å². The highest BCUT2D eigenvalue weighted by Gasteiger charge is 2.17. The van der Waals surface area contributed by atoms with Crippen LogP contribution < -0.4 is 5.32 Å². The summed E-state index contributed by atoms with van der Waals surface area (Å²) in [6.07, 6.45) is 3.82. The van der Waals surface area contributed by atoms with Gasteiger partial charge in [0.15, 0.2) is 5.82 Å². The molecule has 0 atom stereocenters. The molecule has 1 N–H and O–H groups in total. The Morgan fingerprint density at radius 3 is 2.57 bits per heavy atom. The number of nitrogens with one attached hydrogen (secondary N) is 1. The molecule has 0 bridgehead atoms. The van der Waals surface area contributed by atoms with Crippen LogP contribution in [-0.2, 0) is 19.9 Å². The van der Waals surface area contributed by atoms with Crippen molar-refractivity contribution >= 4 is 28.4 Å². The van der Waals surface area contributed by atoms with Gasteiger partial charge in [0.1, 0.15) is 5.82 Å². The summed E-state index contributed by atoms with van der Waals surface area (Å²) in [6, 6.07) is 0. The molecule has 0 unspecified atom stereocenters. The first-order valence-electron chi connectivity index (χ1n) is 7.23. The average Bonchev–Trinajstić information content (AvgIpc) is 2.81. The van der Waals surface area contributed by atoms with Crippen molar-refractivity contribution in [2.75, 3.05) is 12.4 Å². The standard InChI is InChI=1S/C15H22IN5/c1-6-11-10(8-21(5)20-11)14-18-12(7-9(2)3)13(16)15(17-4)19-14/h8-9H,6-7H2,1-5H3,(H,17,18,19). The number of nitrogens with zero attached hydrogens (tertiary/aromatic N) is 4. The summed E-state index contributed by atoms with van der Waals surface area (Å²) in [5.41, 5.74) is 3.17. The van der Waals surface area contributed by atoms with E-state index in [4.69, 9.17) is 4.98 Å². The highest BCUT2D eigenvalue weighted by molar-refractivity contribution is 14.1. The molecule has 0 amide bonds. The molecule has 0 aliphatic heterocycles. The topological polar surface area (TPSA) is 55.6 Å². The lowest BCUT2D eigenvalue weighted by molar-refractivity contribution is 0.632. The van der Waals surface area contributed by atoms with Gasteiger partial charge in [-0.1, -0.05) is 20.8 Å². The fourth-order valence-corrected chi connectivity index (χ4v) is 3.02. The van der Waals surface area contributed by atoms with E-state index in [-0.39, 0.29) is 0 Å². The van der Waals surface area contributed by atoms with E-state index < -0.39 is 0 Å². The van der Waals surface area contributed by atoms with Crippen molar-refractivity contribution in [3.05, 3.63) is 21.2 Å². The van der Waals surface area contributed by atoms with E-state index in [1.807, 2.05) is 25.0 Å². The molecule has 0 aliphatic rings. The summed E-state index contributed by atoms with van der Waals surface area (Å²) in [5.74, 6) is 2.22. The van der Waals surface area contributed by atoms with Gasteiger partial charge in [0.25, 0.3) is 0 Å². The molecule has 2 rings (SSSR count). The van der Waals surface area contributed by atoms with E-state index in [1.165, 1.54) is 0 Å². The van der Waals surface area contributed by atoms with Crippen LogP contribution in [0.15, 0.2) is 6.20 Å². The maximum atomic E-state index is 4.80. The summed E-state index contributed by atoms with van der Waals surface area (Å²) in [4.78, 5) is 9.47. The predicted octanol–water partition coefficient (Wildman–Crippen LogP) is 3.28. The predicted molar refractivity (Wildman–Crippen MR) is 94.4 cm³/mol. The highest BCUT2D eigenvalue weighted by atomic mass is 127. The zero-order chi connectivity index (χ0) is 15.6. The average molecular weight is 399 g/mol. The zero-order valence-corrected chi connectivity index (χ0v) is 15.4. The molecule has 114 valence electrons. The second-order valence-corrected chi connectivity index (χ2v) is 6.60. The number of aromatic nitrogens is 4. The maximum Gasteiger partial charge on any atom is 0.165 e. The van der Waals surface area contributed by atoms with Crippen LogP contribution in [0, 0.1) is 9.49 Å². The van der Waals surface area contributed by atoms with Gasteiger partial charge in [-0.2, -0.15) is 5.10 Å². The zero-order valence-electron chi connectivity index (χ0n) is 13.2. The molecule has 0 radical (unpaired) electrons. The molecule has 0 fully saturated rings. The smallest absolute Gasteiger partial charge is 0.165 e. The van der Waals surface area contributed by atoms with Crippen molar-refractivity contribution in [2.24, 2.45) is 13.0 Å². The molecule has 0 saturated heterocycles. The maximum absolute atomic E-state index is 4.80. The summed E-state index contributed by atoms with van der Waals surface area (Å²) in [5, 5.41) is 7.67. The number of rotatable bonds is 5. The first-order valence-corrected chi connectivity index (χ1v) is 8.31. The van der Waals surface area contributed by atoms with E-state index in [9.17, 15) is 0 Å². The van der Waals surface area contributed by atoms with Gasteiger partial charge in [-0.3, -0.25) is 4.68 Å². The lowest BCUT2D eigenvalue weighted by Gasteiger charge is -2.12. The first kappa shape index (κ1) is 16.2. The fraction of sp³-hybridized carbons (Fsp3) is 0.533. The van der Waals surface area contributed by atoms with Crippen molar-refractivity contribution in [3.8, 4) is 11.4 Å². The molecular weight excluding hydrogens is 377 g/mol. The Bertz CT molecular complexity index is 633. The monoisotopic (exact) mass is 399 g/mol. The first-order chi connectivity index (χ1) is 9.96. The number of anilines is 1. The largest absolute Gasteiger partial charge is 0.372 e. The van der Waals surface area contributed by atoms with Gasteiger partial charge in [-0.15, -0.1) is 0 Å². The van der Waals surface area contributed by atoms with Crippen molar-refractivity contribution in [1.29, 1.82) is 0 Å². The molecule has 21 heavy (non-hydrogen) atoms. The van der Waals surface area contributed by atoms with Crippen molar-refractivity contribution in [3.63, 3.8) is 0 Å². The van der Waals surface area contributed by atoms with E-state index in [1.54, 1.807) is 0 Å². The summed E-state index contributed by atoms with van der Waals surface area (Å²) in [6.45, 7) is 6.52. The molecule has 0 spiro atoms. The van der Waals surface area contributed by atoms with Crippen molar-refractivity contribution < 1.29 is 0 Å². The van der Waals surface area contributed by atoms with Crippen molar-refractivity contribution in [2.45, 2.75) is 33.6 Å². The van der Waals surface area contributed by atoms with Crippen molar-refractivity contribution in [1.82, 2.24) is 19.7 Å². The van der Waals surface area contributed by atoms with Gasteiger partial charge >= 0.3 is 0 Å². The number of hydrogen-bond donors (Lipinski definition) is 1. The van der Waals surface area contributed by atoms with Crippen LogP contribution in [0.3, 0.4) is 0 Å². The van der Waals surface area contributed by atoms with Gasteiger partial charge in [0.05, 0.1) is 20.5 Å². The van der Waals surface area contributed by atoms with Gasteiger partial charge in [-0.05, 0) is 41.4 Å². The Hall–Kier alpha value is -1.18. The summed E-state index contributed by atoms with van der Waals surface area (Å²) < 4.78 is 2.94. The molecular formula is C15H22IN5. The SMILES string of the molecule is CCc1nn(C)cc1-c1nc(CC(C)C)c(I)c(NC)n1. The third-order valence-electron chi connectivity index (χ3n) is 3.24. The van der Waals surface area contributed by atoms with Crippen LogP contribution in [-0.4, -0.2) is 26.8 Å². The number of hydrogen-bond acceptors (Lipinski definition) is 4. The molecule has 0 aliphatic carbocycles. The van der Waals surface area contributed by atoms with Crippen LogP contribution in [0.1, 0.15) is 32.2 Å². The number of aryl methyl sites for hydroxylation is 2. The second-order valence-electron chi connectivity index (χ2n) is 5.52. The second kappa shape index (κ2) is 6.72. The van der Waals surface area contributed by atoms with E-state index >= 15 is 0 Å². The van der Waals surface area contributed by atoms with Crippen LogP contribution in [0.5, 0.6) is 0 Å². The molecule has 5 nitrogen and oxygen atoms in total. The fourth-order valence-electron chi connectivity index (χ4n) is 2.28. The van der Waals surface area contributed by atoms with Crippen LogP contribution in [0.4, 0.5) is 5.82 Å². The third kappa shape index (κ3) is 3.53. The Kier molecular flexibility index (Phi) is 5.18. The van der Waals surface area contributed by atoms with Gasteiger partial charge < -0.3 is 5.32 Å². The Morgan fingerprint density at radius 1 is 1.29 bits per heavy atom. The minimum absolute atomic E-state index is 0.561.